The molecule has 8 heteroatoms. The van der Waals surface area contributed by atoms with Crippen LogP contribution in [-0.2, 0) is 14.8 Å². The van der Waals surface area contributed by atoms with Gasteiger partial charge in [0.1, 0.15) is 6.54 Å². The summed E-state index contributed by atoms with van der Waals surface area (Å²) in [7, 11) is -3.93. The molecular weight excluding hydrogens is 422 g/mol. The first-order chi connectivity index (χ1) is 14.6. The first-order valence-electron chi connectivity index (χ1n) is 9.49. The highest BCUT2D eigenvalue weighted by Gasteiger charge is 2.24. The highest BCUT2D eigenvalue weighted by Crippen LogP contribution is 2.24. The fourth-order valence-corrected chi connectivity index (χ4v) is 3.99. The summed E-state index contributed by atoms with van der Waals surface area (Å²) in [5.74, 6) is -2.90. The van der Waals surface area contributed by atoms with Crippen molar-refractivity contribution in [2.45, 2.75) is 13.0 Å². The van der Waals surface area contributed by atoms with Gasteiger partial charge in [-0.15, -0.1) is 0 Å². The Balaban J connectivity index is 1.89. The zero-order chi connectivity index (χ0) is 22.6. The van der Waals surface area contributed by atoms with Gasteiger partial charge in [0.15, 0.2) is 11.6 Å². The summed E-state index contributed by atoms with van der Waals surface area (Å²) in [6.07, 6.45) is 0.899. The number of aryl methyl sites for hydroxylation is 1. The van der Waals surface area contributed by atoms with Crippen molar-refractivity contribution in [3.8, 4) is 0 Å². The van der Waals surface area contributed by atoms with Gasteiger partial charge in [0.05, 0.1) is 18.0 Å². The van der Waals surface area contributed by atoms with Gasteiger partial charge >= 0.3 is 0 Å². The van der Waals surface area contributed by atoms with Crippen molar-refractivity contribution in [2.75, 3.05) is 17.1 Å². The van der Waals surface area contributed by atoms with E-state index in [1.54, 1.807) is 0 Å². The Hall–Kier alpha value is -3.26. The predicted octanol–water partition coefficient (Wildman–Crippen LogP) is 3.95. The van der Waals surface area contributed by atoms with E-state index >= 15 is 0 Å². The third-order valence-electron chi connectivity index (χ3n) is 4.73. The average Bonchev–Trinajstić information content (AvgIpc) is 2.73. The van der Waals surface area contributed by atoms with E-state index in [1.807, 2.05) is 61.5 Å². The van der Waals surface area contributed by atoms with Crippen molar-refractivity contribution in [1.29, 1.82) is 0 Å². The summed E-state index contributed by atoms with van der Waals surface area (Å²) in [4.78, 5) is 12.9. The third kappa shape index (κ3) is 5.67. The Morgan fingerprint density at radius 1 is 0.935 bits per heavy atom. The molecule has 162 valence electrons. The number of nitrogens with zero attached hydrogens (tertiary/aromatic N) is 1. The molecular formula is C23H22F2N2O3S. The second kappa shape index (κ2) is 9.26. The highest BCUT2D eigenvalue weighted by molar-refractivity contribution is 7.92. The largest absolute Gasteiger partial charge is 0.344 e. The zero-order valence-electron chi connectivity index (χ0n) is 17.0. The molecule has 3 aromatic rings. The maximum atomic E-state index is 13.7. The van der Waals surface area contributed by atoms with Crippen LogP contribution in [-0.4, -0.2) is 27.1 Å². The van der Waals surface area contributed by atoms with Gasteiger partial charge in [-0.25, -0.2) is 17.2 Å². The Kier molecular flexibility index (Phi) is 6.70. The molecule has 0 aromatic heterocycles. The molecule has 0 radical (unpaired) electrons. The van der Waals surface area contributed by atoms with E-state index in [2.05, 4.69) is 5.32 Å². The van der Waals surface area contributed by atoms with Crippen LogP contribution in [0.15, 0.2) is 72.8 Å². The zero-order valence-corrected chi connectivity index (χ0v) is 17.9. The topological polar surface area (TPSA) is 66.5 Å². The molecule has 0 heterocycles. The lowest BCUT2D eigenvalue weighted by Crippen LogP contribution is -2.41. The van der Waals surface area contributed by atoms with Gasteiger partial charge in [-0.05, 0) is 30.2 Å². The number of hydrogen-bond acceptors (Lipinski definition) is 3. The van der Waals surface area contributed by atoms with Crippen molar-refractivity contribution in [1.82, 2.24) is 5.32 Å². The normalized spacial score (nSPS) is 12.3. The van der Waals surface area contributed by atoms with E-state index in [9.17, 15) is 22.0 Å². The smallest absolute Gasteiger partial charge is 0.241 e. The number of nitrogens with one attached hydrogen (secondary N) is 1. The summed E-state index contributed by atoms with van der Waals surface area (Å²) in [5.41, 5.74) is 2.56. The fraction of sp³-hybridized carbons (Fsp3) is 0.174. The molecule has 1 amide bonds. The predicted molar refractivity (Wildman–Crippen MR) is 116 cm³/mol. The van der Waals surface area contributed by atoms with Crippen LogP contribution in [0.1, 0.15) is 22.7 Å². The van der Waals surface area contributed by atoms with Crippen LogP contribution in [0.3, 0.4) is 0 Å². The summed E-state index contributed by atoms with van der Waals surface area (Å²) in [5, 5.41) is 2.85. The number of carbonyl (C=O) groups is 1. The fourth-order valence-electron chi connectivity index (χ4n) is 3.14. The summed E-state index contributed by atoms with van der Waals surface area (Å²) < 4.78 is 52.2. The Morgan fingerprint density at radius 3 is 2.13 bits per heavy atom. The van der Waals surface area contributed by atoms with Crippen molar-refractivity contribution in [3.05, 3.63) is 101 Å². The van der Waals surface area contributed by atoms with Crippen LogP contribution in [0.5, 0.6) is 0 Å². The summed E-state index contributed by atoms with van der Waals surface area (Å²) >= 11 is 0. The lowest BCUT2D eigenvalue weighted by Gasteiger charge is -2.25. The van der Waals surface area contributed by atoms with E-state index in [0.29, 0.717) is 0 Å². The molecule has 0 aliphatic heterocycles. The highest BCUT2D eigenvalue weighted by atomic mass is 32.2. The molecule has 3 rings (SSSR count). The number of amides is 1. The Bertz CT molecular complexity index is 1170. The minimum atomic E-state index is -3.93. The SMILES string of the molecule is Cc1ccc([C@@H](NC(=O)CN(c2ccc(F)c(F)c2)S(C)(=O)=O)c2ccccc2)cc1. The maximum Gasteiger partial charge on any atom is 0.241 e. The number of rotatable bonds is 7. The first-order valence-corrected chi connectivity index (χ1v) is 11.3. The molecule has 0 bridgehead atoms. The molecule has 31 heavy (non-hydrogen) atoms. The molecule has 0 spiro atoms. The number of anilines is 1. The van der Waals surface area contributed by atoms with Crippen LogP contribution in [0.25, 0.3) is 0 Å². The molecule has 0 saturated carbocycles. The molecule has 3 aromatic carbocycles. The van der Waals surface area contributed by atoms with E-state index < -0.39 is 40.2 Å². The molecule has 0 fully saturated rings. The third-order valence-corrected chi connectivity index (χ3v) is 5.87. The van der Waals surface area contributed by atoms with Gasteiger partial charge in [-0.2, -0.15) is 0 Å². The second-order valence-corrected chi connectivity index (χ2v) is 9.10. The molecule has 1 atom stereocenters. The van der Waals surface area contributed by atoms with Crippen LogP contribution in [0.2, 0.25) is 0 Å². The number of hydrogen-bond donors (Lipinski definition) is 1. The van der Waals surface area contributed by atoms with Crippen LogP contribution in [0.4, 0.5) is 14.5 Å². The Morgan fingerprint density at radius 2 is 1.55 bits per heavy atom. The number of benzene rings is 3. The van der Waals surface area contributed by atoms with Gasteiger partial charge in [-0.3, -0.25) is 9.10 Å². The van der Waals surface area contributed by atoms with Crippen LogP contribution in [0, 0.1) is 18.6 Å². The van der Waals surface area contributed by atoms with Gasteiger partial charge < -0.3 is 5.32 Å². The lowest BCUT2D eigenvalue weighted by molar-refractivity contribution is -0.120. The van der Waals surface area contributed by atoms with Crippen LogP contribution >= 0.6 is 0 Å². The number of carbonyl (C=O) groups excluding carboxylic acids is 1. The number of sulfonamides is 1. The molecule has 0 aliphatic rings. The molecule has 0 aliphatic carbocycles. The first kappa shape index (κ1) is 22.4. The summed E-state index contributed by atoms with van der Waals surface area (Å²) in [6.45, 7) is 1.37. The minimum Gasteiger partial charge on any atom is -0.344 e. The van der Waals surface area contributed by atoms with Crippen LogP contribution < -0.4 is 9.62 Å². The maximum absolute atomic E-state index is 13.7. The van der Waals surface area contributed by atoms with Gasteiger partial charge in [0.2, 0.25) is 15.9 Å². The molecule has 1 N–H and O–H groups in total. The number of halogens is 2. The van der Waals surface area contributed by atoms with E-state index in [0.717, 1.165) is 45.5 Å². The van der Waals surface area contributed by atoms with Crippen molar-refractivity contribution in [2.24, 2.45) is 0 Å². The monoisotopic (exact) mass is 444 g/mol. The van der Waals surface area contributed by atoms with E-state index in [-0.39, 0.29) is 5.69 Å². The van der Waals surface area contributed by atoms with Crippen molar-refractivity contribution in [3.63, 3.8) is 0 Å². The minimum absolute atomic E-state index is 0.136. The van der Waals surface area contributed by atoms with E-state index in [1.165, 1.54) is 0 Å². The standard InChI is InChI=1S/C23H22F2N2O3S/c1-16-8-10-18(11-9-16)23(17-6-4-3-5-7-17)26-22(28)15-27(31(2,29)30)19-12-13-20(24)21(25)14-19/h3-14,23H,15H2,1-2H3,(H,26,28)/t23-/m0/s1. The lowest BCUT2D eigenvalue weighted by atomic mass is 9.98. The molecule has 0 saturated heterocycles. The van der Waals surface area contributed by atoms with E-state index in [4.69, 9.17) is 0 Å². The van der Waals surface area contributed by atoms with Crippen molar-refractivity contribution >= 4 is 21.6 Å². The summed E-state index contributed by atoms with van der Waals surface area (Å²) in [6, 6.07) is 19.0. The van der Waals surface area contributed by atoms with Gasteiger partial charge in [-0.1, -0.05) is 60.2 Å². The Labute approximate surface area is 180 Å². The molecule has 0 unspecified atom stereocenters. The van der Waals surface area contributed by atoms with Gasteiger partial charge in [0.25, 0.3) is 0 Å². The second-order valence-electron chi connectivity index (χ2n) is 7.19. The average molecular weight is 445 g/mol. The van der Waals surface area contributed by atoms with Crippen molar-refractivity contribution < 1.29 is 22.0 Å². The molecule has 5 nitrogen and oxygen atoms in total. The van der Waals surface area contributed by atoms with Gasteiger partial charge in [0, 0.05) is 6.07 Å². The quantitative estimate of drug-likeness (QED) is 0.600.